The van der Waals surface area contributed by atoms with Crippen LogP contribution < -0.4 is 20.1 Å². The van der Waals surface area contributed by atoms with Gasteiger partial charge in [0.25, 0.3) is 0 Å². The third-order valence-corrected chi connectivity index (χ3v) is 7.77. The maximum Gasteiger partial charge on any atom is 0.340 e. The number of nitrogens with one attached hydrogen (secondary N) is 2. The zero-order valence-corrected chi connectivity index (χ0v) is 22.2. The number of hydroxylamine groups is 1. The van der Waals surface area contributed by atoms with Crippen molar-refractivity contribution < 1.29 is 39.0 Å². The second kappa shape index (κ2) is 11.9. The third-order valence-electron chi connectivity index (χ3n) is 4.08. The molecule has 0 radical (unpaired) electrons. The van der Waals surface area contributed by atoms with Crippen LogP contribution in [-0.2, 0) is 34.6 Å². The fraction of sp³-hybridized carbons (Fsp3) is 0.316. The van der Waals surface area contributed by atoms with Gasteiger partial charge in [0.1, 0.15) is 16.4 Å². The van der Waals surface area contributed by atoms with E-state index in [2.05, 4.69) is 5.48 Å². The minimum Gasteiger partial charge on any atom is -0.493 e. The van der Waals surface area contributed by atoms with E-state index in [-0.39, 0.29) is 42.2 Å². The predicted molar refractivity (Wildman–Crippen MR) is 130 cm³/mol. The van der Waals surface area contributed by atoms with Crippen LogP contribution in [0.4, 0.5) is 0 Å². The highest BCUT2D eigenvalue weighted by atomic mass is 35.5. The van der Waals surface area contributed by atoms with Crippen molar-refractivity contribution in [1.82, 2.24) is 5.48 Å². The summed E-state index contributed by atoms with van der Waals surface area (Å²) in [5.74, 6) is -0.177. The molecule has 2 aromatic carbocycles. The van der Waals surface area contributed by atoms with E-state index in [9.17, 15) is 25.3 Å². The Kier molecular flexibility index (Phi) is 10.3. The fourth-order valence-corrected chi connectivity index (χ4v) is 5.92. The smallest absolute Gasteiger partial charge is 0.340 e. The molecule has 0 fully saturated rings. The van der Waals surface area contributed by atoms with Gasteiger partial charge in [0.15, 0.2) is 19.7 Å². The molecule has 0 amide bonds. The lowest BCUT2D eigenvalue weighted by Crippen LogP contribution is -2.30. The number of aryl methyl sites for hydroxylation is 1. The van der Waals surface area contributed by atoms with Gasteiger partial charge in [-0.15, -0.1) is 12.4 Å². The van der Waals surface area contributed by atoms with Crippen LogP contribution in [0.25, 0.3) is 0 Å². The molecule has 0 saturated carbocycles. The van der Waals surface area contributed by atoms with Crippen LogP contribution in [0.5, 0.6) is 11.5 Å². The van der Waals surface area contributed by atoms with Crippen LogP contribution in [0, 0.1) is 12.3 Å². The maximum absolute atomic E-state index is 12.9. The van der Waals surface area contributed by atoms with Crippen molar-refractivity contribution >= 4 is 48.2 Å². The molecular formula is C19H26ClN3O9S3. The number of ether oxygens (including phenoxy) is 1. The average Bonchev–Trinajstić information content (AvgIpc) is 2.68. The summed E-state index contributed by atoms with van der Waals surface area (Å²) in [6, 6.07) is 7.02. The highest BCUT2D eigenvalue weighted by molar-refractivity contribution is 7.92. The molecule has 2 aromatic rings. The first kappa shape index (κ1) is 30.4. The number of halogens is 1. The van der Waals surface area contributed by atoms with Gasteiger partial charge in [-0.25, -0.2) is 22.3 Å². The van der Waals surface area contributed by atoms with Gasteiger partial charge in [-0.2, -0.15) is 8.42 Å². The minimum absolute atomic E-state index is 0. The van der Waals surface area contributed by atoms with Crippen LogP contribution in [0.1, 0.15) is 12.0 Å². The number of hydrogen-bond donors (Lipinski definition) is 3. The van der Waals surface area contributed by atoms with Gasteiger partial charge in [0.2, 0.25) is 5.96 Å². The first-order chi connectivity index (χ1) is 15.6. The Morgan fingerprint density at radius 1 is 0.914 bits per heavy atom. The second-order valence-corrected chi connectivity index (χ2v) is 12.8. The molecule has 4 N–H and O–H groups in total. The molecule has 12 nitrogen and oxygen atoms in total. The molecule has 0 bridgehead atoms. The monoisotopic (exact) mass is 571 g/mol. The van der Waals surface area contributed by atoms with E-state index in [0.717, 1.165) is 30.7 Å². The quantitative estimate of drug-likeness (QED) is 0.115. The maximum atomic E-state index is 12.9. The number of rotatable bonds is 11. The zero-order chi connectivity index (χ0) is 25.7. The van der Waals surface area contributed by atoms with Gasteiger partial charge in [0, 0.05) is 25.0 Å². The van der Waals surface area contributed by atoms with Crippen LogP contribution in [-0.4, -0.2) is 56.9 Å². The van der Waals surface area contributed by atoms with Crippen LogP contribution in [0.2, 0.25) is 0 Å². The van der Waals surface area contributed by atoms with Crippen molar-refractivity contribution in [1.29, 1.82) is 5.41 Å². The average molecular weight is 572 g/mol. The molecule has 0 aliphatic heterocycles. The van der Waals surface area contributed by atoms with Crippen molar-refractivity contribution in [3.05, 3.63) is 42.0 Å². The van der Waals surface area contributed by atoms with E-state index < -0.39 is 39.6 Å². The molecule has 0 aliphatic rings. The summed E-state index contributed by atoms with van der Waals surface area (Å²) < 4.78 is 84.5. The lowest BCUT2D eigenvalue weighted by atomic mass is 10.2. The van der Waals surface area contributed by atoms with Gasteiger partial charge in [-0.3, -0.25) is 10.2 Å². The zero-order valence-electron chi connectivity index (χ0n) is 19.0. The Morgan fingerprint density at radius 3 is 2.11 bits per heavy atom. The standard InChI is InChI=1S/C19H25N3O9S3.ClH/c1-13-9-14(29-7-4-8-30-22-19(20)21)11-15(10-13)31-34(27,28)17-6-5-16(32(2,23)24)12-18(17)33(3,25)26;/h5-6,9-12H,4,7-8H2,1-3H3,(H4,20,21,22);1H. The second-order valence-electron chi connectivity index (χ2n) is 7.24. The normalized spacial score (nSPS) is 11.9. The Labute approximate surface area is 210 Å². The number of hydrogen-bond acceptors (Lipinski definition) is 10. The van der Waals surface area contributed by atoms with Crippen molar-refractivity contribution in [3.63, 3.8) is 0 Å². The minimum atomic E-state index is -4.65. The van der Waals surface area contributed by atoms with Crippen LogP contribution in [0.15, 0.2) is 51.1 Å². The summed E-state index contributed by atoms with van der Waals surface area (Å²) in [5, 5.41) is 6.96. The van der Waals surface area contributed by atoms with E-state index in [1.54, 1.807) is 13.0 Å². The topological polar surface area (TPSA) is 192 Å². The summed E-state index contributed by atoms with van der Waals surface area (Å²) >= 11 is 0. The molecule has 0 aliphatic carbocycles. The molecule has 0 atom stereocenters. The molecule has 2 rings (SSSR count). The van der Waals surface area contributed by atoms with Gasteiger partial charge in [-0.05, 0) is 42.8 Å². The molecule has 0 heterocycles. The van der Waals surface area contributed by atoms with Crippen LogP contribution in [0.3, 0.4) is 0 Å². The summed E-state index contributed by atoms with van der Waals surface area (Å²) in [4.78, 5) is 3.16. The van der Waals surface area contributed by atoms with Gasteiger partial charge < -0.3 is 14.7 Å². The lowest BCUT2D eigenvalue weighted by molar-refractivity contribution is 0.0733. The number of sulfone groups is 2. The molecule has 0 saturated heterocycles. The lowest BCUT2D eigenvalue weighted by Gasteiger charge is -2.13. The van der Waals surface area contributed by atoms with Crippen molar-refractivity contribution in [2.45, 2.75) is 28.0 Å². The van der Waals surface area contributed by atoms with Crippen molar-refractivity contribution in [2.75, 3.05) is 25.7 Å². The van der Waals surface area contributed by atoms with E-state index in [1.165, 1.54) is 12.1 Å². The molecule has 0 spiro atoms. The van der Waals surface area contributed by atoms with E-state index in [4.69, 9.17) is 24.9 Å². The molecule has 35 heavy (non-hydrogen) atoms. The molecular weight excluding hydrogens is 546 g/mol. The summed E-state index contributed by atoms with van der Waals surface area (Å²) in [6.07, 6.45) is 2.06. The fourth-order valence-electron chi connectivity index (χ4n) is 2.68. The Balaban J connectivity index is 0.00000612. The molecule has 0 unspecified atom stereocenters. The Hall–Kier alpha value is -2.59. The predicted octanol–water partition coefficient (Wildman–Crippen LogP) is 1.18. The van der Waals surface area contributed by atoms with Gasteiger partial charge in [0.05, 0.1) is 23.0 Å². The van der Waals surface area contributed by atoms with Crippen LogP contribution >= 0.6 is 12.4 Å². The number of guanidine groups is 1. The summed E-state index contributed by atoms with van der Waals surface area (Å²) in [5.41, 5.74) is 7.85. The highest BCUT2D eigenvalue weighted by Crippen LogP contribution is 2.30. The third kappa shape index (κ3) is 9.18. The first-order valence-electron chi connectivity index (χ1n) is 9.54. The summed E-state index contributed by atoms with van der Waals surface area (Å²) in [6.45, 7) is 2.07. The van der Waals surface area contributed by atoms with Crippen molar-refractivity contribution in [2.24, 2.45) is 5.73 Å². The first-order valence-corrected chi connectivity index (χ1v) is 14.7. The summed E-state index contributed by atoms with van der Waals surface area (Å²) in [7, 11) is -12.6. The van der Waals surface area contributed by atoms with Gasteiger partial charge >= 0.3 is 10.1 Å². The SMILES string of the molecule is Cc1cc(OCCCONC(=N)N)cc(OS(=O)(=O)c2ccc(S(C)(=O)=O)cc2S(C)(=O)=O)c1.Cl. The molecule has 0 aromatic heterocycles. The molecule has 16 heteroatoms. The Morgan fingerprint density at radius 2 is 1.54 bits per heavy atom. The van der Waals surface area contributed by atoms with E-state index >= 15 is 0 Å². The van der Waals surface area contributed by atoms with Crippen molar-refractivity contribution in [3.8, 4) is 11.5 Å². The Bertz CT molecular complexity index is 1390. The number of nitrogens with two attached hydrogens (primary N) is 1. The number of benzene rings is 2. The van der Waals surface area contributed by atoms with E-state index in [1.807, 2.05) is 0 Å². The highest BCUT2D eigenvalue weighted by Gasteiger charge is 2.28. The molecule has 196 valence electrons. The largest absolute Gasteiger partial charge is 0.493 e. The van der Waals surface area contributed by atoms with Gasteiger partial charge in [-0.1, -0.05) is 0 Å². The van der Waals surface area contributed by atoms with E-state index in [0.29, 0.717) is 17.7 Å².